The molecule has 3 aromatic rings. The van der Waals surface area contributed by atoms with Crippen LogP contribution in [0.15, 0.2) is 54.9 Å². The predicted octanol–water partition coefficient (Wildman–Crippen LogP) is 3.64. The van der Waals surface area contributed by atoms with Gasteiger partial charge in [-0.05, 0) is 48.4 Å². The van der Waals surface area contributed by atoms with Gasteiger partial charge in [-0.1, -0.05) is 19.1 Å². The van der Waals surface area contributed by atoms with E-state index >= 15 is 0 Å². The number of aryl methyl sites for hydroxylation is 1. The number of nitrogens with zero attached hydrogens (tertiary/aromatic N) is 3. The highest BCUT2D eigenvalue weighted by Gasteiger charge is 2.25. The third-order valence-corrected chi connectivity index (χ3v) is 3.92. The average Bonchev–Trinajstić information content (AvgIpc) is 2.73. The van der Waals surface area contributed by atoms with E-state index in [-0.39, 0.29) is 17.3 Å². The maximum atomic E-state index is 13.0. The van der Waals surface area contributed by atoms with Gasteiger partial charge < -0.3 is 4.74 Å². The molecule has 1 heterocycles. The second-order valence-corrected chi connectivity index (χ2v) is 5.82. The number of hydrogen-bond acceptors (Lipinski definition) is 7. The van der Waals surface area contributed by atoms with Gasteiger partial charge >= 0.3 is 11.6 Å². The number of hydrogen-bond donors (Lipinski definition) is 2. The zero-order valence-corrected chi connectivity index (χ0v) is 15.3. The minimum atomic E-state index is -0.720. The van der Waals surface area contributed by atoms with Crippen molar-refractivity contribution in [3.63, 3.8) is 0 Å². The van der Waals surface area contributed by atoms with E-state index in [4.69, 9.17) is 4.74 Å². The van der Waals surface area contributed by atoms with E-state index < -0.39 is 22.3 Å². The highest BCUT2D eigenvalue weighted by Crippen LogP contribution is 2.33. The van der Waals surface area contributed by atoms with Gasteiger partial charge in [-0.25, -0.2) is 9.37 Å². The van der Waals surface area contributed by atoms with Crippen LogP contribution in [0.25, 0.3) is 0 Å². The third-order valence-electron chi connectivity index (χ3n) is 3.92. The van der Waals surface area contributed by atoms with Crippen LogP contribution in [-0.4, -0.2) is 20.8 Å². The van der Waals surface area contributed by atoms with Gasteiger partial charge in [-0.15, -0.1) is 0 Å². The van der Waals surface area contributed by atoms with Crippen LogP contribution in [-0.2, 0) is 6.42 Å². The van der Waals surface area contributed by atoms with Crippen LogP contribution in [0.5, 0.6) is 11.6 Å². The molecule has 29 heavy (non-hydrogen) atoms. The van der Waals surface area contributed by atoms with Crippen molar-refractivity contribution in [1.29, 1.82) is 0 Å². The summed E-state index contributed by atoms with van der Waals surface area (Å²) in [6.45, 7) is 2.00. The van der Waals surface area contributed by atoms with Crippen LogP contribution in [0.2, 0.25) is 0 Å². The molecular formula is C19H16FN5O4. The summed E-state index contributed by atoms with van der Waals surface area (Å²) in [6.07, 6.45) is 1.91. The highest BCUT2D eigenvalue weighted by atomic mass is 19.1. The first-order valence-electron chi connectivity index (χ1n) is 8.56. The molecular weight excluding hydrogens is 381 g/mol. The molecule has 0 aliphatic carbocycles. The van der Waals surface area contributed by atoms with Crippen LogP contribution < -0.4 is 15.6 Å². The molecule has 0 aliphatic rings. The van der Waals surface area contributed by atoms with E-state index in [2.05, 4.69) is 20.8 Å². The van der Waals surface area contributed by atoms with Gasteiger partial charge in [0, 0.05) is 5.56 Å². The summed E-state index contributed by atoms with van der Waals surface area (Å²) < 4.78 is 18.5. The zero-order chi connectivity index (χ0) is 20.8. The molecule has 10 heteroatoms. The van der Waals surface area contributed by atoms with Gasteiger partial charge in [0.25, 0.3) is 5.91 Å². The molecule has 0 aliphatic heterocycles. The van der Waals surface area contributed by atoms with Gasteiger partial charge in [-0.2, -0.15) is 4.98 Å². The fourth-order valence-corrected chi connectivity index (χ4v) is 2.39. The normalized spacial score (nSPS) is 10.3. The third kappa shape index (κ3) is 4.80. The first-order chi connectivity index (χ1) is 14.0. The average molecular weight is 397 g/mol. The molecule has 148 valence electrons. The first-order valence-corrected chi connectivity index (χ1v) is 8.56. The molecule has 3 rings (SSSR count). The van der Waals surface area contributed by atoms with E-state index in [1.807, 2.05) is 19.1 Å². The number of ether oxygens (including phenoxy) is 1. The molecule has 0 unspecified atom stereocenters. The Morgan fingerprint density at radius 2 is 1.83 bits per heavy atom. The van der Waals surface area contributed by atoms with Crippen LogP contribution in [0.1, 0.15) is 22.8 Å². The number of carbonyl (C=O) groups is 1. The van der Waals surface area contributed by atoms with Gasteiger partial charge in [0.1, 0.15) is 17.9 Å². The molecule has 0 saturated carbocycles. The summed E-state index contributed by atoms with van der Waals surface area (Å²) >= 11 is 0. The molecule has 2 N–H and O–H groups in total. The SMILES string of the molecule is CCc1ccc(Oc2ncnc(NNC(=O)c3ccc(F)cc3)c2[N+](=O)[O-])cc1. The Morgan fingerprint density at radius 1 is 1.14 bits per heavy atom. The lowest BCUT2D eigenvalue weighted by Crippen LogP contribution is -2.30. The molecule has 0 fully saturated rings. The minimum absolute atomic E-state index is 0.156. The first kappa shape index (κ1) is 19.7. The van der Waals surface area contributed by atoms with Gasteiger partial charge in [-0.3, -0.25) is 25.8 Å². The van der Waals surface area contributed by atoms with E-state index in [1.54, 1.807) is 12.1 Å². The van der Waals surface area contributed by atoms with Crippen LogP contribution in [0, 0.1) is 15.9 Å². The summed E-state index contributed by atoms with van der Waals surface area (Å²) in [6, 6.07) is 11.8. The van der Waals surface area contributed by atoms with Gasteiger partial charge in [0.05, 0.1) is 4.92 Å². The monoisotopic (exact) mass is 397 g/mol. The van der Waals surface area contributed by atoms with Crippen molar-refractivity contribution >= 4 is 17.4 Å². The number of nitro groups is 1. The fraction of sp³-hybridized carbons (Fsp3) is 0.105. The lowest BCUT2D eigenvalue weighted by Gasteiger charge is -2.10. The molecule has 0 bridgehead atoms. The summed E-state index contributed by atoms with van der Waals surface area (Å²) in [5.41, 5.74) is 5.35. The van der Waals surface area contributed by atoms with Gasteiger partial charge in [0.15, 0.2) is 0 Å². The Hall–Kier alpha value is -4.08. The Bertz CT molecular complexity index is 1030. The van der Waals surface area contributed by atoms with Crippen LogP contribution in [0.3, 0.4) is 0 Å². The number of rotatable bonds is 7. The van der Waals surface area contributed by atoms with Crippen molar-refractivity contribution < 1.29 is 18.8 Å². The summed E-state index contributed by atoms with van der Waals surface area (Å²) in [7, 11) is 0. The lowest BCUT2D eigenvalue weighted by atomic mass is 10.2. The quantitative estimate of drug-likeness (QED) is 0.461. The van der Waals surface area contributed by atoms with Crippen LogP contribution >= 0.6 is 0 Å². The Labute approximate surface area is 164 Å². The number of amides is 1. The molecule has 0 atom stereocenters. The van der Waals surface area contributed by atoms with Crippen molar-refractivity contribution in [1.82, 2.24) is 15.4 Å². The second-order valence-electron chi connectivity index (χ2n) is 5.82. The van der Waals surface area contributed by atoms with E-state index in [0.717, 1.165) is 30.4 Å². The van der Waals surface area contributed by atoms with E-state index in [0.29, 0.717) is 5.75 Å². The largest absolute Gasteiger partial charge is 0.434 e. The van der Waals surface area contributed by atoms with E-state index in [1.165, 1.54) is 12.1 Å². The Kier molecular flexibility index (Phi) is 5.93. The molecule has 9 nitrogen and oxygen atoms in total. The fourth-order valence-electron chi connectivity index (χ4n) is 2.39. The number of aromatic nitrogens is 2. The topological polar surface area (TPSA) is 119 Å². The molecule has 1 aromatic heterocycles. The number of halogens is 1. The number of anilines is 1. The van der Waals surface area contributed by atoms with Crippen molar-refractivity contribution in [3.8, 4) is 11.6 Å². The number of hydrazine groups is 1. The van der Waals surface area contributed by atoms with Crippen LogP contribution in [0.4, 0.5) is 15.9 Å². The maximum absolute atomic E-state index is 13.0. The van der Waals surface area contributed by atoms with Crippen molar-refractivity contribution in [2.45, 2.75) is 13.3 Å². The number of carbonyl (C=O) groups excluding carboxylic acids is 1. The zero-order valence-electron chi connectivity index (χ0n) is 15.3. The van der Waals surface area contributed by atoms with Crippen molar-refractivity contribution in [2.75, 3.05) is 5.43 Å². The molecule has 0 radical (unpaired) electrons. The Balaban J connectivity index is 1.79. The number of benzene rings is 2. The second kappa shape index (κ2) is 8.74. The highest BCUT2D eigenvalue weighted by molar-refractivity contribution is 5.94. The predicted molar refractivity (Wildman–Crippen MR) is 102 cm³/mol. The Morgan fingerprint density at radius 3 is 2.45 bits per heavy atom. The summed E-state index contributed by atoms with van der Waals surface area (Å²) in [5, 5.41) is 11.5. The van der Waals surface area contributed by atoms with Crippen molar-refractivity contribution in [3.05, 3.63) is 81.9 Å². The lowest BCUT2D eigenvalue weighted by molar-refractivity contribution is -0.385. The summed E-state index contributed by atoms with van der Waals surface area (Å²) in [4.78, 5) is 30.5. The number of nitrogens with one attached hydrogen (secondary N) is 2. The maximum Gasteiger partial charge on any atom is 0.374 e. The molecule has 1 amide bonds. The van der Waals surface area contributed by atoms with Crippen molar-refractivity contribution in [2.24, 2.45) is 0 Å². The summed E-state index contributed by atoms with van der Waals surface area (Å²) in [5.74, 6) is -1.30. The molecule has 0 saturated heterocycles. The smallest absolute Gasteiger partial charge is 0.374 e. The molecule has 2 aromatic carbocycles. The molecule has 0 spiro atoms. The minimum Gasteiger partial charge on any atom is -0.434 e. The standard InChI is InChI=1S/C19H16FN5O4/c1-2-12-3-9-15(10-4-12)29-19-16(25(27)28)17(21-11-22-19)23-24-18(26)13-5-7-14(20)8-6-13/h3-11H,2H2,1H3,(H,24,26)(H,21,22,23). The van der Waals surface area contributed by atoms with E-state index in [9.17, 15) is 19.3 Å². The van der Waals surface area contributed by atoms with Gasteiger partial charge in [0.2, 0.25) is 5.82 Å².